The number of rotatable bonds is 8. The Morgan fingerprint density at radius 2 is 2.24 bits per heavy atom. The second-order valence-corrected chi connectivity index (χ2v) is 5.51. The fourth-order valence-corrected chi connectivity index (χ4v) is 2.46. The molecule has 0 saturated carbocycles. The summed E-state index contributed by atoms with van der Waals surface area (Å²) in [6.45, 7) is 0.671. The van der Waals surface area contributed by atoms with Crippen LogP contribution in [0.25, 0.3) is 0 Å². The first-order chi connectivity index (χ1) is 10.1. The van der Waals surface area contributed by atoms with Gasteiger partial charge in [-0.2, -0.15) is 0 Å². The standard InChI is InChI=1S/C13H16N4O3S/c18-12(14-6-5-11-2-1-7-21-11)9-17-8-10(15-16-17)3-4-13(19)20/h1-2,7-8H,3-6,9H2,(H,14,18)(H,19,20). The van der Waals surface area contributed by atoms with E-state index in [0.717, 1.165) is 6.42 Å². The van der Waals surface area contributed by atoms with Crippen molar-refractivity contribution in [2.75, 3.05) is 6.54 Å². The van der Waals surface area contributed by atoms with Crippen molar-refractivity contribution in [3.05, 3.63) is 34.3 Å². The molecular formula is C13H16N4O3S. The number of amides is 1. The van der Waals surface area contributed by atoms with Crippen molar-refractivity contribution in [1.29, 1.82) is 0 Å². The lowest BCUT2D eigenvalue weighted by atomic mass is 10.2. The van der Waals surface area contributed by atoms with Crippen LogP contribution in [0.15, 0.2) is 23.7 Å². The first kappa shape index (κ1) is 15.2. The molecule has 2 aromatic heterocycles. The van der Waals surface area contributed by atoms with Crippen molar-refractivity contribution >= 4 is 23.2 Å². The molecule has 2 rings (SSSR count). The fourth-order valence-electron chi connectivity index (χ4n) is 1.75. The summed E-state index contributed by atoms with van der Waals surface area (Å²) in [4.78, 5) is 23.4. The number of carboxylic acids is 1. The Hall–Kier alpha value is -2.22. The predicted octanol–water partition coefficient (Wildman–Crippen LogP) is 0.716. The van der Waals surface area contributed by atoms with E-state index in [9.17, 15) is 9.59 Å². The zero-order chi connectivity index (χ0) is 15.1. The molecule has 0 aromatic carbocycles. The maximum absolute atomic E-state index is 11.7. The van der Waals surface area contributed by atoms with Crippen LogP contribution in [-0.4, -0.2) is 38.5 Å². The van der Waals surface area contributed by atoms with Gasteiger partial charge in [-0.05, 0) is 17.9 Å². The third-order valence-electron chi connectivity index (χ3n) is 2.76. The Bertz CT molecular complexity index is 594. The van der Waals surface area contributed by atoms with Crippen molar-refractivity contribution in [3.63, 3.8) is 0 Å². The van der Waals surface area contributed by atoms with Gasteiger partial charge in [0.2, 0.25) is 5.91 Å². The monoisotopic (exact) mass is 308 g/mol. The Balaban J connectivity index is 1.71. The number of aryl methyl sites for hydroxylation is 1. The summed E-state index contributed by atoms with van der Waals surface area (Å²) in [5.74, 6) is -1.02. The van der Waals surface area contributed by atoms with Crippen LogP contribution < -0.4 is 5.32 Å². The Morgan fingerprint density at radius 1 is 1.38 bits per heavy atom. The summed E-state index contributed by atoms with van der Waals surface area (Å²) in [6, 6.07) is 4.01. The number of hydrogen-bond acceptors (Lipinski definition) is 5. The molecule has 8 heteroatoms. The molecule has 1 amide bonds. The van der Waals surface area contributed by atoms with Crippen molar-refractivity contribution < 1.29 is 14.7 Å². The maximum atomic E-state index is 11.7. The van der Waals surface area contributed by atoms with Crippen LogP contribution in [0.5, 0.6) is 0 Å². The Kier molecular flexibility index (Phi) is 5.44. The molecule has 0 radical (unpaired) electrons. The van der Waals surface area contributed by atoms with E-state index in [-0.39, 0.29) is 18.9 Å². The summed E-state index contributed by atoms with van der Waals surface area (Å²) in [5, 5.41) is 21.0. The summed E-state index contributed by atoms with van der Waals surface area (Å²) >= 11 is 1.66. The van der Waals surface area contributed by atoms with Crippen LogP contribution in [0.1, 0.15) is 17.0 Å². The number of thiophene rings is 1. The van der Waals surface area contributed by atoms with Gasteiger partial charge in [-0.25, -0.2) is 4.68 Å². The highest BCUT2D eigenvalue weighted by Gasteiger charge is 2.07. The quantitative estimate of drug-likeness (QED) is 0.749. The smallest absolute Gasteiger partial charge is 0.303 e. The highest BCUT2D eigenvalue weighted by molar-refractivity contribution is 7.09. The molecule has 2 N–H and O–H groups in total. The number of aromatic nitrogens is 3. The van der Waals surface area contributed by atoms with Gasteiger partial charge in [0, 0.05) is 24.0 Å². The minimum absolute atomic E-state index is 0.00566. The normalized spacial score (nSPS) is 10.5. The number of nitrogens with one attached hydrogen (secondary N) is 1. The molecule has 2 aromatic rings. The van der Waals surface area contributed by atoms with E-state index in [1.165, 1.54) is 9.56 Å². The Labute approximate surface area is 125 Å². The summed E-state index contributed by atoms with van der Waals surface area (Å²) in [7, 11) is 0. The molecule has 0 aliphatic carbocycles. The number of carbonyl (C=O) groups is 2. The number of carbonyl (C=O) groups excluding carboxylic acids is 1. The predicted molar refractivity (Wildman–Crippen MR) is 77.0 cm³/mol. The molecule has 0 atom stereocenters. The van der Waals surface area contributed by atoms with Gasteiger partial charge in [-0.15, -0.1) is 16.4 Å². The first-order valence-electron chi connectivity index (χ1n) is 6.53. The van der Waals surface area contributed by atoms with Crippen LogP contribution >= 0.6 is 11.3 Å². The Morgan fingerprint density at radius 3 is 2.95 bits per heavy atom. The van der Waals surface area contributed by atoms with E-state index >= 15 is 0 Å². The number of carboxylic acid groups (broad SMARTS) is 1. The number of nitrogens with zero attached hydrogens (tertiary/aromatic N) is 3. The zero-order valence-corrected chi connectivity index (χ0v) is 12.2. The largest absolute Gasteiger partial charge is 0.481 e. The molecule has 0 saturated heterocycles. The van der Waals surface area contributed by atoms with Gasteiger partial charge in [0.25, 0.3) is 0 Å². The molecule has 0 fully saturated rings. The van der Waals surface area contributed by atoms with E-state index in [2.05, 4.69) is 15.6 Å². The zero-order valence-electron chi connectivity index (χ0n) is 11.4. The first-order valence-corrected chi connectivity index (χ1v) is 7.41. The number of aliphatic carboxylic acids is 1. The minimum Gasteiger partial charge on any atom is -0.481 e. The van der Waals surface area contributed by atoms with Gasteiger partial charge in [0.05, 0.1) is 12.1 Å². The molecule has 21 heavy (non-hydrogen) atoms. The van der Waals surface area contributed by atoms with Crippen molar-refractivity contribution in [2.24, 2.45) is 0 Å². The van der Waals surface area contributed by atoms with E-state index < -0.39 is 5.97 Å². The van der Waals surface area contributed by atoms with Crippen LogP contribution in [0.4, 0.5) is 0 Å². The van der Waals surface area contributed by atoms with Gasteiger partial charge < -0.3 is 10.4 Å². The van der Waals surface area contributed by atoms with Crippen LogP contribution in [0.2, 0.25) is 0 Å². The van der Waals surface area contributed by atoms with Crippen LogP contribution in [0.3, 0.4) is 0 Å². The lowest BCUT2D eigenvalue weighted by molar-refractivity contribution is -0.137. The molecule has 0 aliphatic rings. The van der Waals surface area contributed by atoms with Crippen LogP contribution in [0, 0.1) is 0 Å². The highest BCUT2D eigenvalue weighted by Crippen LogP contribution is 2.08. The molecule has 0 spiro atoms. The van der Waals surface area contributed by atoms with E-state index in [4.69, 9.17) is 5.11 Å². The summed E-state index contributed by atoms with van der Waals surface area (Å²) < 4.78 is 1.41. The second-order valence-electron chi connectivity index (χ2n) is 4.48. The van der Waals surface area contributed by atoms with Crippen molar-refractivity contribution in [2.45, 2.75) is 25.8 Å². The van der Waals surface area contributed by atoms with Crippen molar-refractivity contribution in [1.82, 2.24) is 20.3 Å². The summed E-state index contributed by atoms with van der Waals surface area (Å²) in [5.41, 5.74) is 0.573. The fraction of sp³-hybridized carbons (Fsp3) is 0.385. The van der Waals surface area contributed by atoms with E-state index in [1.807, 2.05) is 17.5 Å². The average molecular weight is 308 g/mol. The molecule has 0 bridgehead atoms. The lowest BCUT2D eigenvalue weighted by Gasteiger charge is -2.03. The van der Waals surface area contributed by atoms with Gasteiger partial charge in [0.15, 0.2) is 0 Å². The second kappa shape index (κ2) is 7.53. The highest BCUT2D eigenvalue weighted by atomic mass is 32.1. The van der Waals surface area contributed by atoms with Gasteiger partial charge in [-0.1, -0.05) is 11.3 Å². The van der Waals surface area contributed by atoms with E-state index in [0.29, 0.717) is 18.7 Å². The topological polar surface area (TPSA) is 97.1 Å². The molecule has 7 nitrogen and oxygen atoms in total. The lowest BCUT2D eigenvalue weighted by Crippen LogP contribution is -2.29. The van der Waals surface area contributed by atoms with Gasteiger partial charge in [-0.3, -0.25) is 9.59 Å². The molecule has 2 heterocycles. The summed E-state index contributed by atoms with van der Waals surface area (Å²) in [6.07, 6.45) is 2.73. The molecule has 0 aliphatic heterocycles. The van der Waals surface area contributed by atoms with E-state index in [1.54, 1.807) is 17.5 Å². The minimum atomic E-state index is -0.879. The SMILES string of the molecule is O=C(O)CCc1cn(CC(=O)NCCc2cccs2)nn1. The van der Waals surface area contributed by atoms with Crippen LogP contribution in [-0.2, 0) is 29.0 Å². The molecule has 112 valence electrons. The third kappa shape index (κ3) is 5.35. The van der Waals surface area contributed by atoms with Crippen molar-refractivity contribution in [3.8, 4) is 0 Å². The maximum Gasteiger partial charge on any atom is 0.303 e. The molecule has 0 unspecified atom stereocenters. The number of hydrogen-bond donors (Lipinski definition) is 2. The van der Waals surface area contributed by atoms with Gasteiger partial charge >= 0.3 is 5.97 Å². The molecular weight excluding hydrogens is 292 g/mol. The van der Waals surface area contributed by atoms with Gasteiger partial charge in [0.1, 0.15) is 6.54 Å². The average Bonchev–Trinajstić information content (AvgIpc) is 3.08. The third-order valence-corrected chi connectivity index (χ3v) is 3.70.